The average molecular weight is 418 g/mol. The van der Waals surface area contributed by atoms with E-state index in [0.29, 0.717) is 35.0 Å². The van der Waals surface area contributed by atoms with Gasteiger partial charge in [0, 0.05) is 11.1 Å². The second kappa shape index (κ2) is 9.58. The lowest BCUT2D eigenvalue weighted by Gasteiger charge is -2.08. The van der Waals surface area contributed by atoms with Gasteiger partial charge in [-0.15, -0.1) is 0 Å². The van der Waals surface area contributed by atoms with E-state index < -0.39 is 11.7 Å². The summed E-state index contributed by atoms with van der Waals surface area (Å²) in [6.45, 7) is 0.776. The Morgan fingerprint density at radius 3 is 2.57 bits per heavy atom. The number of benzene rings is 2. The fourth-order valence-corrected chi connectivity index (χ4v) is 2.95. The van der Waals surface area contributed by atoms with E-state index in [9.17, 15) is 13.2 Å². The molecule has 0 radical (unpaired) electrons. The normalized spacial score (nSPS) is 12.2. The van der Waals surface area contributed by atoms with Gasteiger partial charge >= 0.3 is 6.18 Å². The lowest BCUT2D eigenvalue weighted by Crippen LogP contribution is -2.50. The Labute approximate surface area is 172 Å². The molecule has 0 unspecified atom stereocenters. The van der Waals surface area contributed by atoms with Crippen LogP contribution in [-0.4, -0.2) is 23.8 Å². The molecule has 3 rings (SSSR count). The molecule has 3 aromatic rings. The van der Waals surface area contributed by atoms with Crippen molar-refractivity contribution in [1.82, 2.24) is 10.1 Å². The van der Waals surface area contributed by atoms with Crippen molar-refractivity contribution in [1.29, 1.82) is 0 Å². The van der Waals surface area contributed by atoms with Crippen LogP contribution in [0.1, 0.15) is 36.3 Å². The number of hydrogen-bond acceptors (Lipinski definition) is 4. The van der Waals surface area contributed by atoms with Crippen LogP contribution >= 0.6 is 0 Å². The summed E-state index contributed by atoms with van der Waals surface area (Å²) in [4.78, 5) is 4.46. The van der Waals surface area contributed by atoms with Gasteiger partial charge in [0.15, 0.2) is 0 Å². The minimum atomic E-state index is -4.40. The molecule has 2 aromatic carbocycles. The van der Waals surface area contributed by atoms with Gasteiger partial charge in [-0.25, -0.2) is 0 Å². The number of hydrogen-bond donors (Lipinski definition) is 1. The van der Waals surface area contributed by atoms with Gasteiger partial charge in [0.1, 0.15) is 5.75 Å². The molecule has 0 spiro atoms. The number of unbranched alkanes of at least 4 members (excludes halogenated alkanes) is 1. The van der Waals surface area contributed by atoms with Crippen molar-refractivity contribution in [2.45, 2.75) is 25.4 Å². The predicted molar refractivity (Wildman–Crippen MR) is 107 cm³/mol. The quantitative estimate of drug-likeness (QED) is 0.537. The van der Waals surface area contributed by atoms with Crippen LogP contribution in [0.3, 0.4) is 0 Å². The first-order valence-corrected chi connectivity index (χ1v) is 9.56. The Morgan fingerprint density at radius 1 is 1.13 bits per heavy atom. The van der Waals surface area contributed by atoms with Crippen LogP contribution in [0, 0.1) is 0 Å². The Morgan fingerprint density at radius 2 is 1.90 bits per heavy atom. The number of allylic oxidation sites excluding steroid dienone is 1. The smallest absolute Gasteiger partial charge is 0.416 e. The zero-order valence-corrected chi connectivity index (χ0v) is 16.6. The second-order valence-electron chi connectivity index (χ2n) is 6.76. The first-order chi connectivity index (χ1) is 14.4. The van der Waals surface area contributed by atoms with Crippen molar-refractivity contribution in [2.75, 3.05) is 13.7 Å². The third-order valence-corrected chi connectivity index (χ3v) is 4.55. The molecule has 0 bridgehead atoms. The van der Waals surface area contributed by atoms with Crippen molar-refractivity contribution in [2.24, 2.45) is 0 Å². The molecule has 0 amide bonds. The average Bonchev–Trinajstić information content (AvgIpc) is 3.23. The number of nitrogens with zero attached hydrogens (tertiary/aromatic N) is 2. The van der Waals surface area contributed by atoms with Gasteiger partial charge in [-0.1, -0.05) is 17.3 Å². The topological polar surface area (TPSA) is 75.8 Å². The minimum absolute atomic E-state index is 0.294. The van der Waals surface area contributed by atoms with Crippen LogP contribution in [-0.2, 0) is 6.18 Å². The van der Waals surface area contributed by atoms with Gasteiger partial charge in [-0.2, -0.15) is 18.2 Å². The van der Waals surface area contributed by atoms with E-state index in [1.165, 1.54) is 6.07 Å². The van der Waals surface area contributed by atoms with Gasteiger partial charge < -0.3 is 15.0 Å². The van der Waals surface area contributed by atoms with E-state index in [1.807, 2.05) is 12.1 Å². The molecule has 5 nitrogen and oxygen atoms in total. The molecule has 0 aliphatic carbocycles. The van der Waals surface area contributed by atoms with Crippen LogP contribution in [0.25, 0.3) is 23.0 Å². The number of halogens is 3. The molecular weight excluding hydrogens is 395 g/mol. The van der Waals surface area contributed by atoms with Crippen molar-refractivity contribution in [3.05, 3.63) is 65.5 Å². The van der Waals surface area contributed by atoms with E-state index >= 15 is 0 Å². The molecular formula is C22H23F3N3O2+. The van der Waals surface area contributed by atoms with E-state index in [1.54, 1.807) is 31.4 Å². The SMILES string of the molecule is COc1ccc(-c2noc(/C(=C/c3cccc(C(F)(F)F)c3)CCCC[NH3+])n2)cc1. The van der Waals surface area contributed by atoms with Gasteiger partial charge in [0.2, 0.25) is 5.82 Å². The molecule has 0 saturated heterocycles. The maximum atomic E-state index is 13.0. The van der Waals surface area contributed by atoms with Crippen LogP contribution in [0.4, 0.5) is 13.2 Å². The highest BCUT2D eigenvalue weighted by Gasteiger charge is 2.30. The third-order valence-electron chi connectivity index (χ3n) is 4.55. The summed E-state index contributed by atoms with van der Waals surface area (Å²) in [7, 11) is 1.58. The van der Waals surface area contributed by atoms with E-state index in [4.69, 9.17) is 9.26 Å². The van der Waals surface area contributed by atoms with Crippen LogP contribution < -0.4 is 10.5 Å². The maximum Gasteiger partial charge on any atom is 0.416 e. The molecule has 8 heteroatoms. The number of quaternary nitrogens is 1. The van der Waals surface area contributed by atoms with Crippen LogP contribution in [0.5, 0.6) is 5.75 Å². The first-order valence-electron chi connectivity index (χ1n) is 9.56. The molecule has 0 fully saturated rings. The van der Waals surface area contributed by atoms with E-state index in [2.05, 4.69) is 15.9 Å². The van der Waals surface area contributed by atoms with Crippen molar-refractivity contribution in [3.8, 4) is 17.1 Å². The molecule has 0 aliphatic heterocycles. The fourth-order valence-electron chi connectivity index (χ4n) is 2.95. The van der Waals surface area contributed by atoms with E-state index in [-0.39, 0.29) is 0 Å². The fraction of sp³-hybridized carbons (Fsp3) is 0.273. The number of rotatable bonds is 8. The summed E-state index contributed by atoms with van der Waals surface area (Å²) >= 11 is 0. The molecule has 158 valence electrons. The third kappa shape index (κ3) is 5.48. The number of aromatic nitrogens is 2. The summed E-state index contributed by atoms with van der Waals surface area (Å²) in [5.41, 5.74) is 5.00. The van der Waals surface area contributed by atoms with Gasteiger partial charge in [0.25, 0.3) is 5.89 Å². The Hall–Kier alpha value is -3.13. The lowest BCUT2D eigenvalue weighted by molar-refractivity contribution is -0.368. The number of alkyl halides is 3. The molecule has 3 N–H and O–H groups in total. The first kappa shape index (κ1) is 21.6. The summed E-state index contributed by atoms with van der Waals surface area (Å²) in [6, 6.07) is 12.4. The minimum Gasteiger partial charge on any atom is -0.497 e. The predicted octanol–water partition coefficient (Wildman–Crippen LogP) is 4.72. The molecule has 0 aliphatic rings. The molecule has 30 heavy (non-hydrogen) atoms. The Balaban J connectivity index is 1.92. The van der Waals surface area contributed by atoms with E-state index in [0.717, 1.165) is 37.1 Å². The lowest BCUT2D eigenvalue weighted by atomic mass is 10.0. The van der Waals surface area contributed by atoms with Gasteiger partial charge in [-0.05, 0) is 67.3 Å². The molecule has 0 atom stereocenters. The highest BCUT2D eigenvalue weighted by Crippen LogP contribution is 2.31. The Kier molecular flexibility index (Phi) is 6.89. The second-order valence-corrected chi connectivity index (χ2v) is 6.76. The number of ether oxygens (including phenoxy) is 1. The monoisotopic (exact) mass is 418 g/mol. The summed E-state index contributed by atoms with van der Waals surface area (Å²) < 4.78 is 49.7. The summed E-state index contributed by atoms with van der Waals surface area (Å²) in [5, 5.41) is 4.03. The van der Waals surface area contributed by atoms with Crippen molar-refractivity contribution >= 4 is 11.6 Å². The maximum absolute atomic E-state index is 13.0. The zero-order chi connectivity index (χ0) is 21.6. The summed E-state index contributed by atoms with van der Waals surface area (Å²) in [5.74, 6) is 1.41. The van der Waals surface area contributed by atoms with Crippen molar-refractivity contribution < 1.29 is 28.2 Å². The Bertz CT molecular complexity index is 995. The van der Waals surface area contributed by atoms with Crippen molar-refractivity contribution in [3.63, 3.8) is 0 Å². The molecule has 0 saturated carbocycles. The van der Waals surface area contributed by atoms with Gasteiger partial charge in [-0.3, -0.25) is 0 Å². The van der Waals surface area contributed by atoms with Crippen LogP contribution in [0.15, 0.2) is 53.1 Å². The summed E-state index contributed by atoms with van der Waals surface area (Å²) in [6.07, 6.45) is -0.433. The number of methoxy groups -OCH3 is 1. The largest absolute Gasteiger partial charge is 0.497 e. The standard InChI is InChI=1S/C22H22F3N3O2/c1-29-19-10-8-16(9-11-19)20-27-21(30-28-20)17(6-2-3-12-26)13-15-5-4-7-18(14-15)22(23,24)25/h4-5,7-11,13-14H,2-3,6,12,26H2,1H3/p+1/b17-13+. The highest BCUT2D eigenvalue weighted by molar-refractivity contribution is 5.78. The van der Waals surface area contributed by atoms with Crippen LogP contribution in [0.2, 0.25) is 0 Å². The molecule has 1 heterocycles. The molecule has 1 aromatic heterocycles. The van der Waals surface area contributed by atoms with Gasteiger partial charge in [0.05, 0.1) is 19.2 Å². The highest BCUT2D eigenvalue weighted by atomic mass is 19.4. The zero-order valence-electron chi connectivity index (χ0n) is 16.6.